The van der Waals surface area contributed by atoms with Crippen LogP contribution in [-0.2, 0) is 13.0 Å². The number of carbonyl (C=O) groups is 1. The smallest absolute Gasteiger partial charge is 0.282 e. The van der Waals surface area contributed by atoms with Gasteiger partial charge in [-0.15, -0.1) is 0 Å². The number of imidazole rings is 1. The van der Waals surface area contributed by atoms with E-state index < -0.39 is 10.8 Å². The maximum Gasteiger partial charge on any atom is 0.282 e. The number of hydrogen-bond acceptors (Lipinski definition) is 4. The summed E-state index contributed by atoms with van der Waals surface area (Å²) in [5.41, 5.74) is 2.37. The third-order valence-electron chi connectivity index (χ3n) is 4.48. The van der Waals surface area contributed by atoms with Crippen molar-refractivity contribution in [2.75, 3.05) is 5.32 Å². The zero-order chi connectivity index (χ0) is 18.1. The SMILES string of the molecule is O=C(Nc1cccc(-c2cnc3n2CCC3)c1)c1ccccc1[N+](=O)[O-]. The molecule has 2 aromatic carbocycles. The number of hydrogen-bond donors (Lipinski definition) is 1. The number of nitro groups is 1. The molecular weight excluding hydrogens is 332 g/mol. The van der Waals surface area contributed by atoms with E-state index >= 15 is 0 Å². The van der Waals surface area contributed by atoms with Crippen molar-refractivity contribution in [3.63, 3.8) is 0 Å². The van der Waals surface area contributed by atoms with E-state index in [0.717, 1.165) is 36.5 Å². The number of nitrogens with zero attached hydrogens (tertiary/aromatic N) is 3. The number of anilines is 1. The molecule has 0 fully saturated rings. The lowest BCUT2D eigenvalue weighted by Crippen LogP contribution is -2.13. The Morgan fingerprint density at radius 2 is 2.04 bits per heavy atom. The normalized spacial score (nSPS) is 12.6. The van der Waals surface area contributed by atoms with Gasteiger partial charge in [-0.25, -0.2) is 4.98 Å². The van der Waals surface area contributed by atoms with Crippen molar-refractivity contribution in [3.05, 3.63) is 76.2 Å². The first-order valence-corrected chi connectivity index (χ1v) is 8.33. The lowest BCUT2D eigenvalue weighted by Gasteiger charge is -2.09. The summed E-state index contributed by atoms with van der Waals surface area (Å²) >= 11 is 0. The van der Waals surface area contributed by atoms with E-state index in [4.69, 9.17) is 0 Å². The maximum absolute atomic E-state index is 12.5. The molecule has 0 saturated carbocycles. The molecule has 3 aromatic rings. The fourth-order valence-electron chi connectivity index (χ4n) is 3.27. The molecule has 26 heavy (non-hydrogen) atoms. The van der Waals surface area contributed by atoms with Crippen molar-refractivity contribution < 1.29 is 9.72 Å². The van der Waals surface area contributed by atoms with Crippen molar-refractivity contribution in [2.45, 2.75) is 19.4 Å². The predicted molar refractivity (Wildman–Crippen MR) is 97.0 cm³/mol. The van der Waals surface area contributed by atoms with Gasteiger partial charge in [0.25, 0.3) is 11.6 Å². The van der Waals surface area contributed by atoms with Gasteiger partial charge in [0, 0.05) is 30.3 Å². The minimum atomic E-state index is -0.555. The molecule has 130 valence electrons. The molecule has 1 aliphatic heterocycles. The zero-order valence-electron chi connectivity index (χ0n) is 13.9. The molecule has 0 radical (unpaired) electrons. The van der Waals surface area contributed by atoms with E-state index in [9.17, 15) is 14.9 Å². The minimum absolute atomic E-state index is 0.0353. The molecule has 0 bridgehead atoms. The molecule has 0 saturated heterocycles. The molecule has 1 N–H and O–H groups in total. The molecule has 1 aromatic heterocycles. The van der Waals surface area contributed by atoms with Crippen molar-refractivity contribution in [1.82, 2.24) is 9.55 Å². The molecule has 0 spiro atoms. The number of benzene rings is 2. The van der Waals surface area contributed by atoms with E-state index in [1.807, 2.05) is 24.4 Å². The van der Waals surface area contributed by atoms with E-state index in [1.54, 1.807) is 12.1 Å². The summed E-state index contributed by atoms with van der Waals surface area (Å²) in [5, 5.41) is 13.9. The summed E-state index contributed by atoms with van der Waals surface area (Å²) < 4.78 is 2.18. The number of carbonyl (C=O) groups excluding carboxylic acids is 1. The van der Waals surface area contributed by atoms with Crippen LogP contribution in [-0.4, -0.2) is 20.4 Å². The van der Waals surface area contributed by atoms with E-state index in [-0.39, 0.29) is 11.3 Å². The van der Waals surface area contributed by atoms with E-state index in [0.29, 0.717) is 5.69 Å². The summed E-state index contributed by atoms with van der Waals surface area (Å²) in [6.45, 7) is 0.942. The number of nitrogens with one attached hydrogen (secondary N) is 1. The minimum Gasteiger partial charge on any atom is -0.328 e. The van der Waals surface area contributed by atoms with Gasteiger partial charge in [0.15, 0.2) is 0 Å². The number of rotatable bonds is 4. The zero-order valence-corrected chi connectivity index (χ0v) is 13.9. The van der Waals surface area contributed by atoms with Crippen LogP contribution >= 0.6 is 0 Å². The lowest BCUT2D eigenvalue weighted by atomic mass is 10.1. The standard InChI is InChI=1S/C19H16N4O3/c24-19(15-7-1-2-8-16(15)23(25)26)21-14-6-3-5-13(11-14)17-12-20-18-9-4-10-22(17)18/h1-3,5-8,11-12H,4,9-10H2,(H,21,24). The Balaban J connectivity index is 1.62. The molecule has 2 heterocycles. The highest BCUT2D eigenvalue weighted by Gasteiger charge is 2.20. The first-order chi connectivity index (χ1) is 12.6. The first kappa shape index (κ1) is 16.0. The van der Waals surface area contributed by atoms with Gasteiger partial charge in [-0.1, -0.05) is 24.3 Å². The van der Waals surface area contributed by atoms with Crippen molar-refractivity contribution in [1.29, 1.82) is 0 Å². The second-order valence-corrected chi connectivity index (χ2v) is 6.12. The molecular formula is C19H16N4O3. The van der Waals surface area contributed by atoms with Crippen LogP contribution < -0.4 is 5.32 Å². The first-order valence-electron chi connectivity index (χ1n) is 8.33. The predicted octanol–water partition coefficient (Wildman–Crippen LogP) is 3.66. The third-order valence-corrected chi connectivity index (χ3v) is 4.48. The largest absolute Gasteiger partial charge is 0.328 e. The van der Waals surface area contributed by atoms with Gasteiger partial charge >= 0.3 is 0 Å². The monoisotopic (exact) mass is 348 g/mol. The number of amides is 1. The van der Waals surface area contributed by atoms with Crippen LogP contribution in [0.4, 0.5) is 11.4 Å². The van der Waals surface area contributed by atoms with Crippen LogP contribution in [0.1, 0.15) is 22.6 Å². The fraction of sp³-hybridized carbons (Fsp3) is 0.158. The molecule has 0 unspecified atom stereocenters. The average molecular weight is 348 g/mol. The molecule has 0 aliphatic carbocycles. The van der Waals surface area contributed by atoms with Crippen LogP contribution in [0.15, 0.2) is 54.7 Å². The number of aryl methyl sites for hydroxylation is 1. The molecule has 7 heteroatoms. The van der Waals surface area contributed by atoms with Crippen molar-refractivity contribution >= 4 is 17.3 Å². The van der Waals surface area contributed by atoms with E-state index in [1.165, 1.54) is 18.2 Å². The number of para-hydroxylation sites is 1. The van der Waals surface area contributed by atoms with Gasteiger partial charge < -0.3 is 9.88 Å². The Morgan fingerprint density at radius 1 is 1.19 bits per heavy atom. The number of aromatic nitrogens is 2. The molecule has 0 atom stereocenters. The van der Waals surface area contributed by atoms with Gasteiger partial charge in [0.2, 0.25) is 0 Å². The summed E-state index contributed by atoms with van der Waals surface area (Å²) in [7, 11) is 0. The highest BCUT2D eigenvalue weighted by atomic mass is 16.6. The van der Waals surface area contributed by atoms with Gasteiger partial charge in [-0.3, -0.25) is 14.9 Å². The lowest BCUT2D eigenvalue weighted by molar-refractivity contribution is -0.385. The van der Waals surface area contributed by atoms with Gasteiger partial charge in [-0.05, 0) is 24.6 Å². The molecule has 1 amide bonds. The third kappa shape index (κ3) is 2.83. The quantitative estimate of drug-likeness (QED) is 0.575. The van der Waals surface area contributed by atoms with Crippen LogP contribution in [0.3, 0.4) is 0 Å². The fourth-order valence-corrected chi connectivity index (χ4v) is 3.27. The van der Waals surface area contributed by atoms with E-state index in [2.05, 4.69) is 14.9 Å². The summed E-state index contributed by atoms with van der Waals surface area (Å²) in [6, 6.07) is 13.3. The highest BCUT2D eigenvalue weighted by molar-refractivity contribution is 6.07. The van der Waals surface area contributed by atoms with Crippen molar-refractivity contribution in [3.8, 4) is 11.3 Å². The van der Waals surface area contributed by atoms with Gasteiger partial charge in [-0.2, -0.15) is 0 Å². The van der Waals surface area contributed by atoms with Gasteiger partial charge in [0.1, 0.15) is 11.4 Å². The average Bonchev–Trinajstić information content (AvgIpc) is 3.25. The Labute approximate surface area is 149 Å². The Hall–Kier alpha value is -3.48. The summed E-state index contributed by atoms with van der Waals surface area (Å²) in [4.78, 5) is 27.5. The van der Waals surface area contributed by atoms with Crippen LogP contribution in [0.25, 0.3) is 11.3 Å². The summed E-state index contributed by atoms with van der Waals surface area (Å²) in [5.74, 6) is 0.572. The van der Waals surface area contributed by atoms with Crippen LogP contribution in [0.2, 0.25) is 0 Å². The molecule has 7 nitrogen and oxygen atoms in total. The Bertz CT molecular complexity index is 1010. The summed E-state index contributed by atoms with van der Waals surface area (Å²) in [6.07, 6.45) is 3.91. The number of nitro benzene ring substituents is 1. The van der Waals surface area contributed by atoms with Gasteiger partial charge in [0.05, 0.1) is 16.8 Å². The van der Waals surface area contributed by atoms with Crippen LogP contribution in [0.5, 0.6) is 0 Å². The molecule has 1 aliphatic rings. The topological polar surface area (TPSA) is 90.1 Å². The van der Waals surface area contributed by atoms with Crippen molar-refractivity contribution in [2.24, 2.45) is 0 Å². The molecule has 4 rings (SSSR count). The Morgan fingerprint density at radius 3 is 2.88 bits per heavy atom. The second-order valence-electron chi connectivity index (χ2n) is 6.12. The highest BCUT2D eigenvalue weighted by Crippen LogP contribution is 2.28. The second kappa shape index (κ2) is 6.44. The Kier molecular flexibility index (Phi) is 3.96. The number of fused-ring (bicyclic) bond motifs is 1. The van der Waals surface area contributed by atoms with Crippen LogP contribution in [0, 0.1) is 10.1 Å². The maximum atomic E-state index is 12.5.